The molecule has 0 unspecified atom stereocenters. The minimum atomic E-state index is -0.353. The van der Waals surface area contributed by atoms with Crippen LogP contribution in [-0.4, -0.2) is 47.3 Å². The second-order valence-corrected chi connectivity index (χ2v) is 5.15. The summed E-state index contributed by atoms with van der Waals surface area (Å²) in [6.07, 6.45) is 1.23. The predicted molar refractivity (Wildman–Crippen MR) is 76.5 cm³/mol. The van der Waals surface area contributed by atoms with Crippen molar-refractivity contribution >= 4 is 17.5 Å². The van der Waals surface area contributed by atoms with Crippen LogP contribution in [0.1, 0.15) is 11.9 Å². The molecule has 0 spiro atoms. The van der Waals surface area contributed by atoms with Crippen molar-refractivity contribution in [2.75, 3.05) is 26.4 Å². The van der Waals surface area contributed by atoms with Crippen LogP contribution in [0.4, 0.5) is 0 Å². The number of aromatic nitrogens is 2. The van der Waals surface area contributed by atoms with Crippen molar-refractivity contribution < 1.29 is 18.8 Å². The Kier molecular flexibility index (Phi) is 4.55. The fraction of sp³-hybridized carbons (Fsp3) is 0.357. The molecule has 1 amide bonds. The Bertz CT molecular complexity index is 618. The van der Waals surface area contributed by atoms with Crippen molar-refractivity contribution in [1.82, 2.24) is 15.0 Å². The molecule has 1 aliphatic rings. The minimum Gasteiger partial charge on any atom is -0.484 e. The third kappa shape index (κ3) is 3.37. The molecule has 1 aliphatic heterocycles. The number of hydrogen-bond acceptors (Lipinski definition) is 6. The maximum absolute atomic E-state index is 12.4. The molecule has 0 radical (unpaired) electrons. The number of amides is 1. The molecule has 8 heteroatoms. The molecule has 3 rings (SSSR count). The first-order valence-corrected chi connectivity index (χ1v) is 7.13. The van der Waals surface area contributed by atoms with E-state index < -0.39 is 0 Å². The van der Waals surface area contributed by atoms with Gasteiger partial charge in [-0.2, -0.15) is 4.98 Å². The van der Waals surface area contributed by atoms with E-state index in [0.29, 0.717) is 36.4 Å². The SMILES string of the molecule is O=C(COc1ccc(Cl)cc1)N1CCOC[C@@H]1c1ncon1. The Balaban J connectivity index is 1.63. The van der Waals surface area contributed by atoms with Crippen LogP contribution in [0.25, 0.3) is 0 Å². The van der Waals surface area contributed by atoms with Crippen LogP contribution in [0, 0.1) is 0 Å². The summed E-state index contributed by atoms with van der Waals surface area (Å²) >= 11 is 5.80. The zero-order valence-corrected chi connectivity index (χ0v) is 12.4. The fourth-order valence-electron chi connectivity index (χ4n) is 2.20. The number of hydrogen-bond donors (Lipinski definition) is 0. The molecule has 1 aromatic carbocycles. The van der Waals surface area contributed by atoms with E-state index in [1.807, 2.05) is 0 Å². The maximum Gasteiger partial charge on any atom is 0.261 e. The molecule has 2 heterocycles. The van der Waals surface area contributed by atoms with Crippen LogP contribution in [0.2, 0.25) is 5.02 Å². The average molecular weight is 324 g/mol. The predicted octanol–water partition coefficient (Wildman–Crippen LogP) is 1.70. The van der Waals surface area contributed by atoms with E-state index >= 15 is 0 Å². The summed E-state index contributed by atoms with van der Waals surface area (Å²) in [5, 5.41) is 4.40. The van der Waals surface area contributed by atoms with Gasteiger partial charge in [-0.3, -0.25) is 4.79 Å². The lowest BCUT2D eigenvalue weighted by molar-refractivity contribution is -0.142. The lowest BCUT2D eigenvalue weighted by atomic mass is 10.2. The number of nitrogens with zero attached hydrogens (tertiary/aromatic N) is 3. The second kappa shape index (κ2) is 6.76. The average Bonchev–Trinajstić information content (AvgIpc) is 3.08. The largest absolute Gasteiger partial charge is 0.484 e. The zero-order valence-electron chi connectivity index (χ0n) is 11.6. The topological polar surface area (TPSA) is 77.7 Å². The van der Waals surface area contributed by atoms with Gasteiger partial charge in [0.05, 0.1) is 13.2 Å². The van der Waals surface area contributed by atoms with Gasteiger partial charge in [-0.05, 0) is 24.3 Å². The van der Waals surface area contributed by atoms with Crippen LogP contribution in [0.5, 0.6) is 5.75 Å². The van der Waals surface area contributed by atoms with E-state index in [0.717, 1.165) is 0 Å². The Morgan fingerprint density at radius 3 is 2.95 bits per heavy atom. The van der Waals surface area contributed by atoms with Crippen LogP contribution >= 0.6 is 11.6 Å². The molecule has 116 valence electrons. The highest BCUT2D eigenvalue weighted by Crippen LogP contribution is 2.22. The molecule has 1 saturated heterocycles. The summed E-state index contributed by atoms with van der Waals surface area (Å²) in [6, 6.07) is 6.49. The van der Waals surface area contributed by atoms with Crippen LogP contribution in [0.3, 0.4) is 0 Å². The van der Waals surface area contributed by atoms with Gasteiger partial charge >= 0.3 is 0 Å². The standard InChI is InChI=1S/C14H14ClN3O4/c15-10-1-3-11(4-2-10)21-8-13(19)18-5-6-20-7-12(18)14-16-9-22-17-14/h1-4,9,12H,5-8H2/t12-/m1/s1. The van der Waals surface area contributed by atoms with Gasteiger partial charge < -0.3 is 18.9 Å². The summed E-state index contributed by atoms with van der Waals surface area (Å²) in [6.45, 7) is 1.20. The van der Waals surface area contributed by atoms with Crippen molar-refractivity contribution in [2.24, 2.45) is 0 Å². The molecule has 1 fully saturated rings. The first kappa shape index (κ1) is 14.8. The fourth-order valence-corrected chi connectivity index (χ4v) is 2.33. The number of rotatable bonds is 4. The third-order valence-corrected chi connectivity index (χ3v) is 3.55. The van der Waals surface area contributed by atoms with Crippen molar-refractivity contribution in [2.45, 2.75) is 6.04 Å². The Morgan fingerprint density at radius 1 is 1.41 bits per heavy atom. The highest BCUT2D eigenvalue weighted by molar-refractivity contribution is 6.30. The first-order chi connectivity index (χ1) is 10.7. The maximum atomic E-state index is 12.4. The van der Waals surface area contributed by atoms with Gasteiger partial charge in [0.2, 0.25) is 6.39 Å². The van der Waals surface area contributed by atoms with Crippen LogP contribution < -0.4 is 4.74 Å². The van der Waals surface area contributed by atoms with Gasteiger partial charge in [-0.25, -0.2) is 0 Å². The molecule has 0 bridgehead atoms. The van der Waals surface area contributed by atoms with Gasteiger partial charge in [0.25, 0.3) is 5.91 Å². The molecule has 2 aromatic rings. The Morgan fingerprint density at radius 2 is 2.23 bits per heavy atom. The van der Waals surface area contributed by atoms with Gasteiger partial charge in [0.15, 0.2) is 12.4 Å². The summed E-state index contributed by atoms with van der Waals surface area (Å²) < 4.78 is 15.6. The van der Waals surface area contributed by atoms with Gasteiger partial charge in [0.1, 0.15) is 11.8 Å². The van der Waals surface area contributed by atoms with Gasteiger partial charge in [-0.1, -0.05) is 16.8 Å². The van der Waals surface area contributed by atoms with Crippen molar-refractivity contribution in [3.8, 4) is 5.75 Å². The number of halogens is 1. The number of morpholine rings is 1. The van der Waals surface area contributed by atoms with E-state index in [-0.39, 0.29) is 18.6 Å². The monoisotopic (exact) mass is 323 g/mol. The molecule has 7 nitrogen and oxygen atoms in total. The molecule has 1 atom stereocenters. The highest BCUT2D eigenvalue weighted by Gasteiger charge is 2.31. The van der Waals surface area contributed by atoms with Crippen molar-refractivity contribution in [3.05, 3.63) is 41.5 Å². The number of ether oxygens (including phenoxy) is 2. The summed E-state index contributed by atoms with van der Waals surface area (Å²) in [5.41, 5.74) is 0. The molecular weight excluding hydrogens is 310 g/mol. The van der Waals surface area contributed by atoms with E-state index in [1.165, 1.54) is 6.39 Å². The van der Waals surface area contributed by atoms with Gasteiger partial charge in [-0.15, -0.1) is 0 Å². The van der Waals surface area contributed by atoms with Crippen molar-refractivity contribution in [1.29, 1.82) is 0 Å². The first-order valence-electron chi connectivity index (χ1n) is 6.76. The third-order valence-electron chi connectivity index (χ3n) is 3.30. The highest BCUT2D eigenvalue weighted by atomic mass is 35.5. The normalized spacial score (nSPS) is 18.2. The second-order valence-electron chi connectivity index (χ2n) is 4.71. The number of benzene rings is 1. The molecule has 0 aliphatic carbocycles. The Labute approximate surface area is 131 Å². The van der Waals surface area contributed by atoms with Gasteiger partial charge in [0, 0.05) is 11.6 Å². The molecular formula is C14H14ClN3O4. The molecule has 1 aromatic heterocycles. The van der Waals surface area contributed by atoms with E-state index in [1.54, 1.807) is 29.2 Å². The number of carbonyl (C=O) groups excluding carboxylic acids is 1. The van der Waals surface area contributed by atoms with E-state index in [4.69, 9.17) is 25.6 Å². The molecule has 22 heavy (non-hydrogen) atoms. The summed E-state index contributed by atoms with van der Waals surface area (Å²) in [5.74, 6) is 0.856. The minimum absolute atomic E-state index is 0.0734. The quantitative estimate of drug-likeness (QED) is 0.852. The lowest BCUT2D eigenvalue weighted by Gasteiger charge is -2.33. The van der Waals surface area contributed by atoms with Crippen molar-refractivity contribution in [3.63, 3.8) is 0 Å². The lowest BCUT2D eigenvalue weighted by Crippen LogP contribution is -2.45. The summed E-state index contributed by atoms with van der Waals surface area (Å²) in [4.78, 5) is 18.0. The molecule has 0 N–H and O–H groups in total. The van der Waals surface area contributed by atoms with E-state index in [2.05, 4.69) is 10.1 Å². The van der Waals surface area contributed by atoms with E-state index in [9.17, 15) is 4.79 Å². The number of carbonyl (C=O) groups is 1. The molecule has 0 saturated carbocycles. The van der Waals surface area contributed by atoms with Crippen LogP contribution in [-0.2, 0) is 9.53 Å². The Hall–Kier alpha value is -2.12. The zero-order chi connectivity index (χ0) is 15.4. The van der Waals surface area contributed by atoms with Crippen LogP contribution in [0.15, 0.2) is 35.2 Å². The smallest absolute Gasteiger partial charge is 0.261 e. The summed E-state index contributed by atoms with van der Waals surface area (Å²) in [7, 11) is 0.